The minimum absolute atomic E-state index is 0.0951. The first-order chi connectivity index (χ1) is 11.5. The van der Waals surface area contributed by atoms with Crippen LogP contribution in [0.25, 0.3) is 0 Å². The summed E-state index contributed by atoms with van der Waals surface area (Å²) >= 11 is 0. The zero-order chi connectivity index (χ0) is 17.1. The fourth-order valence-corrected chi connectivity index (χ4v) is 2.47. The summed E-state index contributed by atoms with van der Waals surface area (Å²) in [7, 11) is 0. The first kappa shape index (κ1) is 16.0. The van der Waals surface area contributed by atoms with Crippen LogP contribution in [-0.4, -0.2) is 32.4 Å². The Balaban J connectivity index is 1.80. The fraction of sp³-hybridized carbons (Fsp3) is 0.353. The van der Waals surface area contributed by atoms with Crippen LogP contribution in [0.1, 0.15) is 31.9 Å². The molecule has 0 spiro atoms. The standard InChI is InChI=1S/C17H20N4O3/c1-11(2)7-8-24-13-5-3-12(4-6-13)15-9-14(16(22)23)20-17-18-10-19-21(15)17/h3-6,9-11,15H,7-8H2,1-2H3,(H,22,23)(H,18,19,20)/t15-/m1/s1. The first-order valence-corrected chi connectivity index (χ1v) is 7.89. The Labute approximate surface area is 140 Å². The number of ether oxygens (including phenoxy) is 1. The molecule has 24 heavy (non-hydrogen) atoms. The molecule has 0 fully saturated rings. The van der Waals surface area contributed by atoms with Gasteiger partial charge in [-0.1, -0.05) is 26.0 Å². The number of carbonyl (C=O) groups is 1. The van der Waals surface area contributed by atoms with Gasteiger partial charge in [0.25, 0.3) is 0 Å². The van der Waals surface area contributed by atoms with Crippen molar-refractivity contribution < 1.29 is 14.6 Å². The maximum absolute atomic E-state index is 11.3. The number of benzene rings is 1. The molecular weight excluding hydrogens is 308 g/mol. The summed E-state index contributed by atoms with van der Waals surface area (Å²) in [4.78, 5) is 15.3. The van der Waals surface area contributed by atoms with E-state index in [1.54, 1.807) is 10.8 Å². The number of fused-ring (bicyclic) bond motifs is 1. The van der Waals surface area contributed by atoms with Crippen molar-refractivity contribution in [3.05, 3.63) is 47.9 Å². The van der Waals surface area contributed by atoms with Gasteiger partial charge in [0.2, 0.25) is 5.95 Å². The van der Waals surface area contributed by atoms with Crippen LogP contribution in [0.5, 0.6) is 5.75 Å². The number of hydrogen-bond donors (Lipinski definition) is 2. The van der Waals surface area contributed by atoms with Gasteiger partial charge in [-0.3, -0.25) is 0 Å². The molecule has 2 N–H and O–H groups in total. The largest absolute Gasteiger partial charge is 0.494 e. The quantitative estimate of drug-likeness (QED) is 0.847. The lowest BCUT2D eigenvalue weighted by Gasteiger charge is -2.22. The number of aliphatic carboxylic acids is 1. The highest BCUT2D eigenvalue weighted by molar-refractivity contribution is 5.90. The highest BCUT2D eigenvalue weighted by atomic mass is 16.5. The van der Waals surface area contributed by atoms with E-state index in [-0.39, 0.29) is 11.7 Å². The van der Waals surface area contributed by atoms with Gasteiger partial charge in [-0.15, -0.1) is 0 Å². The molecule has 2 aromatic rings. The molecule has 1 aliphatic heterocycles. The molecule has 0 unspecified atom stereocenters. The number of carboxylic acids is 1. The van der Waals surface area contributed by atoms with Crippen LogP contribution in [0.2, 0.25) is 0 Å². The summed E-state index contributed by atoms with van der Waals surface area (Å²) in [6, 6.07) is 7.30. The van der Waals surface area contributed by atoms with Crippen LogP contribution in [0, 0.1) is 5.92 Å². The van der Waals surface area contributed by atoms with Crippen molar-refractivity contribution in [1.29, 1.82) is 0 Å². The van der Waals surface area contributed by atoms with Gasteiger partial charge >= 0.3 is 5.97 Å². The molecule has 0 aliphatic carbocycles. The summed E-state index contributed by atoms with van der Waals surface area (Å²) in [5.74, 6) is 0.791. The molecule has 126 valence electrons. The molecule has 2 heterocycles. The molecule has 1 aliphatic rings. The lowest BCUT2D eigenvalue weighted by atomic mass is 10.0. The molecule has 1 atom stereocenters. The third kappa shape index (κ3) is 3.40. The molecule has 1 aromatic carbocycles. The predicted octanol–water partition coefficient (Wildman–Crippen LogP) is 2.69. The van der Waals surface area contributed by atoms with Crippen LogP contribution < -0.4 is 10.1 Å². The maximum atomic E-state index is 11.3. The van der Waals surface area contributed by atoms with Gasteiger partial charge in [0, 0.05) is 0 Å². The van der Waals surface area contributed by atoms with Crippen LogP contribution >= 0.6 is 0 Å². The smallest absolute Gasteiger partial charge is 0.352 e. The van der Waals surface area contributed by atoms with E-state index in [1.807, 2.05) is 24.3 Å². The molecule has 1 aromatic heterocycles. The second-order valence-electron chi connectivity index (χ2n) is 6.08. The zero-order valence-electron chi connectivity index (χ0n) is 13.6. The number of nitrogens with one attached hydrogen (secondary N) is 1. The minimum Gasteiger partial charge on any atom is -0.494 e. The van der Waals surface area contributed by atoms with E-state index in [0.29, 0.717) is 18.5 Å². The molecule has 0 bridgehead atoms. The summed E-state index contributed by atoms with van der Waals surface area (Å²) < 4.78 is 7.37. The van der Waals surface area contributed by atoms with Crippen LogP contribution in [-0.2, 0) is 4.79 Å². The summed E-state index contributed by atoms with van der Waals surface area (Å²) in [5, 5.41) is 16.2. The van der Waals surface area contributed by atoms with Gasteiger partial charge in [0.1, 0.15) is 23.8 Å². The minimum atomic E-state index is -1.03. The van der Waals surface area contributed by atoms with E-state index < -0.39 is 5.97 Å². The van der Waals surface area contributed by atoms with Gasteiger partial charge in [0.05, 0.1) is 6.61 Å². The zero-order valence-corrected chi connectivity index (χ0v) is 13.6. The van der Waals surface area contributed by atoms with Gasteiger partial charge in [0.15, 0.2) is 0 Å². The third-order valence-corrected chi connectivity index (χ3v) is 3.82. The SMILES string of the molecule is CC(C)CCOc1ccc([C@H]2C=C(C(=O)O)Nc3ncnn32)cc1. The topological polar surface area (TPSA) is 89.3 Å². The molecule has 0 amide bonds. The Morgan fingerprint density at radius 1 is 1.38 bits per heavy atom. The van der Waals surface area contributed by atoms with E-state index >= 15 is 0 Å². The first-order valence-electron chi connectivity index (χ1n) is 7.89. The fourth-order valence-electron chi connectivity index (χ4n) is 2.47. The van der Waals surface area contributed by atoms with Crippen molar-refractivity contribution in [3.8, 4) is 5.75 Å². The Morgan fingerprint density at radius 2 is 2.12 bits per heavy atom. The second-order valence-corrected chi connectivity index (χ2v) is 6.08. The van der Waals surface area contributed by atoms with Gasteiger partial charge < -0.3 is 15.2 Å². The molecular formula is C17H20N4O3. The normalized spacial score (nSPS) is 16.3. The van der Waals surface area contributed by atoms with Crippen molar-refractivity contribution in [2.45, 2.75) is 26.3 Å². The summed E-state index contributed by atoms with van der Waals surface area (Å²) in [5.41, 5.74) is 1.01. The monoisotopic (exact) mass is 328 g/mol. The van der Waals surface area contributed by atoms with E-state index in [2.05, 4.69) is 29.2 Å². The Hall–Kier alpha value is -2.83. The number of nitrogens with zero attached hydrogens (tertiary/aromatic N) is 3. The van der Waals surface area contributed by atoms with E-state index in [4.69, 9.17) is 4.74 Å². The van der Waals surface area contributed by atoms with E-state index in [0.717, 1.165) is 17.7 Å². The average Bonchev–Trinajstić information content (AvgIpc) is 3.02. The third-order valence-electron chi connectivity index (χ3n) is 3.82. The molecule has 0 radical (unpaired) electrons. The number of aromatic nitrogens is 3. The second kappa shape index (κ2) is 6.74. The van der Waals surface area contributed by atoms with Gasteiger partial charge in [-0.05, 0) is 36.1 Å². The maximum Gasteiger partial charge on any atom is 0.352 e. The van der Waals surface area contributed by atoms with E-state index in [9.17, 15) is 9.90 Å². The highest BCUT2D eigenvalue weighted by Crippen LogP contribution is 2.29. The van der Waals surface area contributed by atoms with Crippen molar-refractivity contribution in [2.24, 2.45) is 5.92 Å². The summed E-state index contributed by atoms with van der Waals surface area (Å²) in [6.07, 6.45) is 4.03. The molecule has 3 rings (SSSR count). The van der Waals surface area contributed by atoms with Crippen molar-refractivity contribution in [2.75, 3.05) is 11.9 Å². The summed E-state index contributed by atoms with van der Waals surface area (Å²) in [6.45, 7) is 5.00. The number of allylic oxidation sites excluding steroid dienone is 1. The van der Waals surface area contributed by atoms with Crippen molar-refractivity contribution in [3.63, 3.8) is 0 Å². The Kier molecular flexibility index (Phi) is 4.50. The highest BCUT2D eigenvalue weighted by Gasteiger charge is 2.25. The molecule has 0 saturated carbocycles. The molecule has 0 saturated heterocycles. The van der Waals surface area contributed by atoms with Gasteiger partial charge in [-0.25, -0.2) is 9.48 Å². The predicted molar refractivity (Wildman–Crippen MR) is 88.9 cm³/mol. The number of rotatable bonds is 6. The van der Waals surface area contributed by atoms with E-state index in [1.165, 1.54) is 6.33 Å². The molecule has 7 heteroatoms. The number of carboxylic acid groups (broad SMARTS) is 1. The van der Waals surface area contributed by atoms with Crippen LogP contribution in [0.4, 0.5) is 5.95 Å². The van der Waals surface area contributed by atoms with Crippen molar-refractivity contribution in [1.82, 2.24) is 14.8 Å². The Bertz CT molecular complexity index is 749. The van der Waals surface area contributed by atoms with Gasteiger partial charge in [-0.2, -0.15) is 10.1 Å². The lowest BCUT2D eigenvalue weighted by molar-refractivity contribution is -0.132. The molecule has 7 nitrogen and oxygen atoms in total. The lowest BCUT2D eigenvalue weighted by Crippen LogP contribution is -2.24. The van der Waals surface area contributed by atoms with Crippen LogP contribution in [0.3, 0.4) is 0 Å². The number of anilines is 1. The Morgan fingerprint density at radius 3 is 2.79 bits per heavy atom. The van der Waals surface area contributed by atoms with Crippen LogP contribution in [0.15, 0.2) is 42.4 Å². The average molecular weight is 328 g/mol. The van der Waals surface area contributed by atoms with Crippen molar-refractivity contribution >= 4 is 11.9 Å². The number of hydrogen-bond acceptors (Lipinski definition) is 5.